The van der Waals surface area contributed by atoms with Gasteiger partial charge in [0.1, 0.15) is 0 Å². The third-order valence-corrected chi connectivity index (χ3v) is 11.3. The number of carbonyl (C=O) groups excluding carboxylic acids is 4. The molecule has 7 rings (SSSR count). The van der Waals surface area contributed by atoms with Gasteiger partial charge in [-0.1, -0.05) is 79.2 Å². The van der Waals surface area contributed by atoms with Crippen LogP contribution in [0.1, 0.15) is 48.8 Å². The molecule has 7 nitrogen and oxygen atoms in total. The summed E-state index contributed by atoms with van der Waals surface area (Å²) in [7, 11) is 1.48. The second-order valence-electron chi connectivity index (χ2n) is 12.7. The molecule has 1 N–H and O–H groups in total. The van der Waals surface area contributed by atoms with Crippen LogP contribution in [0, 0.1) is 27.2 Å². The van der Waals surface area contributed by atoms with E-state index in [-0.39, 0.29) is 41.3 Å². The van der Waals surface area contributed by atoms with E-state index in [0.29, 0.717) is 39.7 Å². The average Bonchev–Trinajstić information content (AvgIpc) is 3.32. The number of imide groups is 1. The summed E-state index contributed by atoms with van der Waals surface area (Å²) in [6.45, 7) is 2.31. The molecule has 1 saturated carbocycles. The van der Waals surface area contributed by atoms with Gasteiger partial charge in [0.25, 0.3) is 0 Å². The molecule has 1 saturated heterocycles. The van der Waals surface area contributed by atoms with Crippen molar-refractivity contribution in [2.24, 2.45) is 23.7 Å². The Labute approximate surface area is 281 Å². The highest BCUT2D eigenvalue weighted by Crippen LogP contribution is 2.64. The Balaban J connectivity index is 1.52. The molecule has 6 unspecified atom stereocenters. The first-order valence-corrected chi connectivity index (χ1v) is 16.8. The van der Waals surface area contributed by atoms with Crippen LogP contribution in [0.25, 0.3) is 5.57 Å². The Morgan fingerprint density at radius 2 is 1.65 bits per heavy atom. The van der Waals surface area contributed by atoms with Crippen molar-refractivity contribution in [3.05, 3.63) is 111 Å². The Bertz CT molecular complexity index is 1830. The summed E-state index contributed by atoms with van der Waals surface area (Å²) in [6, 6.07) is 22.3. The molecule has 0 bridgehead atoms. The van der Waals surface area contributed by atoms with Crippen molar-refractivity contribution < 1.29 is 29.0 Å². The first-order chi connectivity index (χ1) is 22.2. The van der Waals surface area contributed by atoms with Gasteiger partial charge < -0.3 is 9.84 Å². The van der Waals surface area contributed by atoms with E-state index in [2.05, 4.69) is 28.7 Å². The van der Waals surface area contributed by atoms with E-state index in [4.69, 9.17) is 4.74 Å². The van der Waals surface area contributed by atoms with Gasteiger partial charge in [0.05, 0.1) is 27.9 Å². The molecule has 1 aliphatic heterocycles. The number of fused-ring (bicyclic) bond motifs is 4. The average molecular weight is 728 g/mol. The van der Waals surface area contributed by atoms with Crippen molar-refractivity contribution >= 4 is 51.5 Å². The molecule has 8 heteroatoms. The number of carbonyl (C=O) groups is 4. The quantitative estimate of drug-likeness (QED) is 0.184. The topological polar surface area (TPSA) is 101 Å². The number of allylic oxidation sites excluding steroid dienone is 4. The van der Waals surface area contributed by atoms with E-state index in [1.807, 2.05) is 73.7 Å². The van der Waals surface area contributed by atoms with Gasteiger partial charge in [-0.05, 0) is 82.7 Å². The molecule has 3 aliphatic carbocycles. The number of hydrogen-bond acceptors (Lipinski definition) is 6. The van der Waals surface area contributed by atoms with Crippen LogP contribution in [-0.2, 0) is 24.6 Å². The maximum absolute atomic E-state index is 15.1. The summed E-state index contributed by atoms with van der Waals surface area (Å²) in [6.07, 6.45) is 4.87. The highest BCUT2D eigenvalue weighted by Gasteiger charge is 2.65. The Kier molecular flexibility index (Phi) is 7.74. The monoisotopic (exact) mass is 727 g/mol. The van der Waals surface area contributed by atoms with Crippen LogP contribution in [0.2, 0.25) is 0 Å². The van der Waals surface area contributed by atoms with Gasteiger partial charge in [-0.2, -0.15) is 0 Å². The predicted octanol–water partition coefficient (Wildman–Crippen LogP) is 6.24. The SMILES string of the molecule is CCCN1C(=O)C2CC=C3C(CC4C(=O)C(c5ccccc5)=CC(=O)C4(c4ccccc4)C3c3cc(I)c(O)c(OC)c3)C2C1=O. The van der Waals surface area contributed by atoms with Crippen LogP contribution in [0.4, 0.5) is 0 Å². The predicted molar refractivity (Wildman–Crippen MR) is 181 cm³/mol. The Morgan fingerprint density at radius 1 is 0.957 bits per heavy atom. The second kappa shape index (κ2) is 11.6. The number of phenols is 1. The number of amides is 2. The summed E-state index contributed by atoms with van der Waals surface area (Å²) in [5.74, 6) is -3.42. The fourth-order valence-corrected chi connectivity index (χ4v) is 9.30. The normalized spacial score (nSPS) is 28.7. The number of Topliss-reactive ketones (excluding diaryl/α,β-unsaturated/α-hetero) is 1. The number of aromatic hydroxyl groups is 1. The molecule has 4 aliphatic rings. The van der Waals surface area contributed by atoms with E-state index in [9.17, 15) is 19.5 Å². The van der Waals surface area contributed by atoms with Gasteiger partial charge in [-0.15, -0.1) is 0 Å². The highest BCUT2D eigenvalue weighted by molar-refractivity contribution is 14.1. The minimum absolute atomic E-state index is 0.00806. The largest absolute Gasteiger partial charge is 0.504 e. The van der Waals surface area contributed by atoms with Crippen LogP contribution in [0.5, 0.6) is 11.5 Å². The number of rotatable bonds is 6. The number of methoxy groups -OCH3 is 1. The lowest BCUT2D eigenvalue weighted by Gasteiger charge is -2.55. The standard InChI is InChI=1S/C38H34INO6/c1-3-16-40-36(44)25-15-14-24-27(32(25)37(40)45)19-28-34(42)26(21-10-6-4-7-11-21)20-31(41)38(28,23-12-8-5-9-13-23)33(24)22-17-29(39)35(43)30(18-22)46-2/h4-14,17-18,20,25,27-28,32-33,43H,3,15-16,19H2,1-2H3. The third-order valence-electron chi connectivity index (χ3n) is 10.5. The van der Waals surface area contributed by atoms with E-state index >= 15 is 4.79 Å². The zero-order chi connectivity index (χ0) is 32.3. The number of hydrogen-bond donors (Lipinski definition) is 1. The van der Waals surface area contributed by atoms with Crippen molar-refractivity contribution in [3.8, 4) is 11.5 Å². The smallest absolute Gasteiger partial charge is 0.233 e. The summed E-state index contributed by atoms with van der Waals surface area (Å²) in [4.78, 5) is 59.0. The lowest BCUT2D eigenvalue weighted by atomic mass is 9.44. The first-order valence-electron chi connectivity index (χ1n) is 15.8. The van der Waals surface area contributed by atoms with Gasteiger partial charge in [-0.3, -0.25) is 24.1 Å². The van der Waals surface area contributed by atoms with Crippen molar-refractivity contribution in [1.29, 1.82) is 0 Å². The van der Waals surface area contributed by atoms with Crippen molar-refractivity contribution in [3.63, 3.8) is 0 Å². The Hall–Kier alpha value is -4.05. The van der Waals surface area contributed by atoms with Crippen molar-refractivity contribution in [2.45, 2.75) is 37.5 Å². The van der Waals surface area contributed by atoms with Crippen LogP contribution in [0.15, 0.2) is 90.5 Å². The maximum Gasteiger partial charge on any atom is 0.233 e. The second-order valence-corrected chi connectivity index (χ2v) is 13.8. The highest BCUT2D eigenvalue weighted by atomic mass is 127. The molecule has 6 atom stereocenters. The van der Waals surface area contributed by atoms with Crippen molar-refractivity contribution in [2.75, 3.05) is 13.7 Å². The molecule has 46 heavy (non-hydrogen) atoms. The summed E-state index contributed by atoms with van der Waals surface area (Å²) in [5, 5.41) is 10.8. The van der Waals surface area contributed by atoms with E-state index in [0.717, 1.165) is 11.1 Å². The van der Waals surface area contributed by atoms with Crippen molar-refractivity contribution in [1.82, 2.24) is 4.90 Å². The number of likely N-dealkylation sites (tertiary alicyclic amines) is 1. The molecule has 0 radical (unpaired) electrons. The zero-order valence-electron chi connectivity index (χ0n) is 25.6. The summed E-state index contributed by atoms with van der Waals surface area (Å²) < 4.78 is 6.13. The van der Waals surface area contributed by atoms with Gasteiger partial charge in [-0.25, -0.2) is 0 Å². The summed E-state index contributed by atoms with van der Waals surface area (Å²) in [5.41, 5.74) is 2.02. The van der Waals surface area contributed by atoms with Crippen LogP contribution < -0.4 is 4.74 Å². The number of halogens is 1. The molecule has 3 aromatic carbocycles. The molecular formula is C38H34INO6. The molecule has 234 valence electrons. The number of ether oxygens (including phenoxy) is 1. The van der Waals surface area contributed by atoms with Crippen LogP contribution in [0.3, 0.4) is 0 Å². The van der Waals surface area contributed by atoms with E-state index < -0.39 is 35.0 Å². The minimum Gasteiger partial charge on any atom is -0.504 e. The molecule has 1 heterocycles. The van der Waals surface area contributed by atoms with Crippen LogP contribution in [-0.4, -0.2) is 47.0 Å². The Morgan fingerprint density at radius 3 is 2.33 bits per heavy atom. The van der Waals surface area contributed by atoms with E-state index in [1.54, 1.807) is 6.07 Å². The van der Waals surface area contributed by atoms with Gasteiger partial charge in [0.15, 0.2) is 23.1 Å². The lowest BCUT2D eigenvalue weighted by Crippen LogP contribution is -2.58. The molecule has 2 fully saturated rings. The number of nitrogens with zero attached hydrogens (tertiary/aromatic N) is 1. The fraction of sp³-hybridized carbons (Fsp3) is 0.316. The van der Waals surface area contributed by atoms with Gasteiger partial charge in [0, 0.05) is 24.0 Å². The fourth-order valence-electron chi connectivity index (χ4n) is 8.67. The maximum atomic E-state index is 15.1. The number of ketones is 2. The molecule has 0 aromatic heterocycles. The number of phenolic OH excluding ortho intramolecular Hbond substituents is 1. The van der Waals surface area contributed by atoms with Crippen LogP contribution >= 0.6 is 22.6 Å². The molecule has 3 aromatic rings. The third kappa shape index (κ3) is 4.36. The lowest BCUT2D eigenvalue weighted by molar-refractivity contribution is -0.140. The van der Waals surface area contributed by atoms with Gasteiger partial charge in [0.2, 0.25) is 11.8 Å². The minimum atomic E-state index is -1.33. The molecular weight excluding hydrogens is 693 g/mol. The number of benzene rings is 3. The molecule has 2 amide bonds. The molecule has 0 spiro atoms. The first kappa shape index (κ1) is 30.6. The van der Waals surface area contributed by atoms with E-state index in [1.165, 1.54) is 18.1 Å². The van der Waals surface area contributed by atoms with Gasteiger partial charge >= 0.3 is 0 Å². The zero-order valence-corrected chi connectivity index (χ0v) is 27.8. The summed E-state index contributed by atoms with van der Waals surface area (Å²) >= 11 is 2.05.